The van der Waals surface area contributed by atoms with Gasteiger partial charge in [0.25, 0.3) is 0 Å². The van der Waals surface area contributed by atoms with Gasteiger partial charge in [0.05, 0.1) is 11.4 Å². The molecule has 1 aromatic heterocycles. The monoisotopic (exact) mass is 331 g/mol. The second-order valence-electron chi connectivity index (χ2n) is 5.17. The van der Waals surface area contributed by atoms with Crippen LogP contribution in [0, 0.1) is 0 Å². The third kappa shape index (κ3) is 3.67. The maximum Gasteiger partial charge on any atom is 0.417 e. The van der Waals surface area contributed by atoms with Crippen molar-refractivity contribution < 1.29 is 9.53 Å². The van der Waals surface area contributed by atoms with Crippen LogP contribution in [0.5, 0.6) is 5.75 Å². The van der Waals surface area contributed by atoms with Crippen molar-refractivity contribution in [3.05, 3.63) is 85.5 Å². The van der Waals surface area contributed by atoms with E-state index in [-0.39, 0.29) is 0 Å². The van der Waals surface area contributed by atoms with Crippen molar-refractivity contribution in [3.8, 4) is 11.4 Å². The van der Waals surface area contributed by atoms with Crippen molar-refractivity contribution in [1.29, 1.82) is 0 Å². The van der Waals surface area contributed by atoms with E-state index in [0.29, 0.717) is 11.4 Å². The molecular formula is C20H17N3O2. The zero-order valence-electron chi connectivity index (χ0n) is 13.6. The van der Waals surface area contributed by atoms with Gasteiger partial charge in [-0.3, -0.25) is 9.88 Å². The Bertz CT molecular complexity index is 896. The van der Waals surface area contributed by atoms with Gasteiger partial charge in [-0.1, -0.05) is 31.4 Å². The molecule has 2 aromatic carbocycles. The predicted molar refractivity (Wildman–Crippen MR) is 99.8 cm³/mol. The van der Waals surface area contributed by atoms with E-state index < -0.39 is 6.09 Å². The lowest BCUT2D eigenvalue weighted by molar-refractivity contribution is 0.215. The second-order valence-corrected chi connectivity index (χ2v) is 5.17. The normalized spacial score (nSPS) is 10.1. The molecule has 0 unspecified atom stereocenters. The Hall–Kier alpha value is -3.60. The molecule has 0 aliphatic carbocycles. The quantitative estimate of drug-likeness (QED) is 0.733. The number of anilines is 1. The van der Waals surface area contributed by atoms with Gasteiger partial charge < -0.3 is 4.74 Å². The summed E-state index contributed by atoms with van der Waals surface area (Å²) in [6.07, 6.45) is 4.58. The minimum atomic E-state index is -0.540. The predicted octanol–water partition coefficient (Wildman–Crippen LogP) is 4.77. The first-order valence-electron chi connectivity index (χ1n) is 7.68. The summed E-state index contributed by atoms with van der Waals surface area (Å²) >= 11 is 0. The Kier molecular flexibility index (Phi) is 4.76. The third-order valence-electron chi connectivity index (χ3n) is 3.57. The van der Waals surface area contributed by atoms with E-state index in [0.717, 1.165) is 17.1 Å². The lowest BCUT2D eigenvalue weighted by Gasteiger charge is -2.09. The van der Waals surface area contributed by atoms with Gasteiger partial charge in [-0.15, -0.1) is 0 Å². The summed E-state index contributed by atoms with van der Waals surface area (Å²) in [4.78, 5) is 16.2. The number of benzene rings is 2. The molecule has 5 nitrogen and oxygen atoms in total. The van der Waals surface area contributed by atoms with E-state index in [4.69, 9.17) is 4.74 Å². The Morgan fingerprint density at radius 3 is 2.40 bits per heavy atom. The number of hydrogen-bond donors (Lipinski definition) is 1. The fraction of sp³-hybridized carbons (Fsp3) is 0. The maximum absolute atomic E-state index is 11.9. The highest BCUT2D eigenvalue weighted by Gasteiger charge is 2.08. The molecule has 0 fully saturated rings. The van der Waals surface area contributed by atoms with E-state index in [1.165, 1.54) is 0 Å². The number of aromatic nitrogens is 2. The molecular weight excluding hydrogens is 314 g/mol. The summed E-state index contributed by atoms with van der Waals surface area (Å²) in [6.45, 7) is 7.56. The molecule has 0 radical (unpaired) electrons. The first-order valence-corrected chi connectivity index (χ1v) is 7.68. The van der Waals surface area contributed by atoms with Gasteiger partial charge in [-0.2, -0.15) is 0 Å². The molecule has 25 heavy (non-hydrogen) atoms. The number of amides is 1. The van der Waals surface area contributed by atoms with Gasteiger partial charge in [-0.25, -0.2) is 9.78 Å². The maximum atomic E-state index is 11.9. The van der Waals surface area contributed by atoms with E-state index in [9.17, 15) is 4.79 Å². The standard InChI is InChI=1S/C20H17N3O2/c1-3-18-19(4-2)23(14-21-18)16-12-10-15(11-13-16)22-20(24)25-17-8-6-5-7-9-17/h3-14H,1-2H2,(H,22,24). The Labute approximate surface area is 145 Å². The first kappa shape index (κ1) is 16.3. The van der Waals surface area contributed by atoms with Crippen LogP contribution >= 0.6 is 0 Å². The average Bonchev–Trinajstić information content (AvgIpc) is 3.06. The number of nitrogens with zero attached hydrogens (tertiary/aromatic N) is 2. The van der Waals surface area contributed by atoms with Gasteiger partial charge in [0, 0.05) is 11.4 Å². The number of hydrogen-bond acceptors (Lipinski definition) is 3. The van der Waals surface area contributed by atoms with Crippen LogP contribution in [0.15, 0.2) is 74.1 Å². The number of nitrogens with one attached hydrogen (secondary N) is 1. The summed E-state index contributed by atoms with van der Waals surface area (Å²) < 4.78 is 7.10. The zero-order valence-corrected chi connectivity index (χ0v) is 13.6. The topological polar surface area (TPSA) is 56.2 Å². The molecule has 1 heterocycles. The SMILES string of the molecule is C=Cc1ncn(-c2ccc(NC(=O)Oc3ccccc3)cc2)c1C=C. The van der Waals surface area contributed by atoms with Crippen LogP contribution in [-0.4, -0.2) is 15.6 Å². The molecule has 0 saturated heterocycles. The molecule has 0 aliphatic rings. The number of para-hydroxylation sites is 1. The van der Waals surface area contributed by atoms with Crippen LogP contribution in [0.4, 0.5) is 10.5 Å². The van der Waals surface area contributed by atoms with Crippen molar-refractivity contribution in [3.63, 3.8) is 0 Å². The van der Waals surface area contributed by atoms with Crippen molar-refractivity contribution in [2.24, 2.45) is 0 Å². The number of ether oxygens (including phenoxy) is 1. The number of rotatable bonds is 5. The summed E-state index contributed by atoms with van der Waals surface area (Å²) in [5, 5.41) is 2.69. The van der Waals surface area contributed by atoms with Gasteiger partial charge >= 0.3 is 6.09 Å². The average molecular weight is 331 g/mol. The van der Waals surface area contributed by atoms with Gasteiger partial charge in [0.15, 0.2) is 0 Å². The van der Waals surface area contributed by atoms with Gasteiger partial charge in [-0.05, 0) is 48.6 Å². The molecule has 1 amide bonds. The zero-order chi connectivity index (χ0) is 17.6. The van der Waals surface area contributed by atoms with Crippen molar-refractivity contribution in [1.82, 2.24) is 9.55 Å². The summed E-state index contributed by atoms with van der Waals surface area (Å²) in [5.74, 6) is 0.489. The van der Waals surface area contributed by atoms with Crippen LogP contribution < -0.4 is 10.1 Å². The van der Waals surface area contributed by atoms with Gasteiger partial charge in [0.2, 0.25) is 0 Å². The molecule has 0 bridgehead atoms. The smallest absolute Gasteiger partial charge is 0.410 e. The highest BCUT2D eigenvalue weighted by atomic mass is 16.6. The fourth-order valence-corrected chi connectivity index (χ4v) is 2.38. The fourth-order valence-electron chi connectivity index (χ4n) is 2.38. The molecule has 1 N–H and O–H groups in total. The van der Waals surface area contributed by atoms with Crippen molar-refractivity contribution in [2.75, 3.05) is 5.32 Å². The van der Waals surface area contributed by atoms with Gasteiger partial charge in [0.1, 0.15) is 12.1 Å². The third-order valence-corrected chi connectivity index (χ3v) is 3.57. The second kappa shape index (κ2) is 7.31. The largest absolute Gasteiger partial charge is 0.417 e. The number of carbonyl (C=O) groups excluding carboxylic acids is 1. The lowest BCUT2D eigenvalue weighted by atomic mass is 10.2. The molecule has 0 spiro atoms. The highest BCUT2D eigenvalue weighted by Crippen LogP contribution is 2.19. The van der Waals surface area contributed by atoms with Crippen molar-refractivity contribution >= 4 is 23.9 Å². The molecule has 124 valence electrons. The Morgan fingerprint density at radius 2 is 1.76 bits per heavy atom. The molecule has 3 aromatic rings. The van der Waals surface area contributed by atoms with Crippen LogP contribution in [0.1, 0.15) is 11.4 Å². The van der Waals surface area contributed by atoms with Crippen LogP contribution in [0.25, 0.3) is 17.8 Å². The van der Waals surface area contributed by atoms with Crippen LogP contribution in [0.2, 0.25) is 0 Å². The first-order chi connectivity index (χ1) is 12.2. The van der Waals surface area contributed by atoms with Crippen LogP contribution in [0.3, 0.4) is 0 Å². The molecule has 0 atom stereocenters. The van der Waals surface area contributed by atoms with E-state index in [1.54, 1.807) is 54.9 Å². The van der Waals surface area contributed by atoms with E-state index in [1.807, 2.05) is 22.8 Å². The minimum Gasteiger partial charge on any atom is -0.410 e. The molecule has 0 saturated carbocycles. The summed E-state index contributed by atoms with van der Waals surface area (Å²) in [6, 6.07) is 16.2. The lowest BCUT2D eigenvalue weighted by Crippen LogP contribution is -2.16. The summed E-state index contributed by atoms with van der Waals surface area (Å²) in [7, 11) is 0. The number of imidazole rings is 1. The minimum absolute atomic E-state index is 0.489. The molecule has 5 heteroatoms. The summed E-state index contributed by atoms with van der Waals surface area (Å²) in [5.41, 5.74) is 3.16. The van der Waals surface area contributed by atoms with Crippen LogP contribution in [-0.2, 0) is 0 Å². The highest BCUT2D eigenvalue weighted by molar-refractivity contribution is 5.86. The molecule has 3 rings (SSSR count). The Balaban J connectivity index is 1.72. The number of carbonyl (C=O) groups is 1. The van der Waals surface area contributed by atoms with E-state index in [2.05, 4.69) is 23.5 Å². The van der Waals surface area contributed by atoms with E-state index >= 15 is 0 Å². The van der Waals surface area contributed by atoms with Crippen molar-refractivity contribution in [2.45, 2.75) is 0 Å². The Morgan fingerprint density at radius 1 is 1.04 bits per heavy atom. The molecule has 0 aliphatic heterocycles.